The molecule has 9 nitrogen and oxygen atoms in total. The maximum Gasteiger partial charge on any atom is 0.328 e. The van der Waals surface area contributed by atoms with E-state index in [2.05, 4.69) is 48.8 Å². The number of ether oxygens (including phenoxy) is 1. The van der Waals surface area contributed by atoms with Crippen LogP contribution in [0.15, 0.2) is 24.3 Å². The van der Waals surface area contributed by atoms with Crippen LogP contribution in [0.4, 0.5) is 0 Å². The van der Waals surface area contributed by atoms with E-state index >= 15 is 0 Å². The third kappa shape index (κ3) is 36.3. The average Bonchev–Trinajstić information content (AvgIpc) is 3.15. The third-order valence-electron chi connectivity index (χ3n) is 9.91. The summed E-state index contributed by atoms with van der Waals surface area (Å²) in [4.78, 5) is 47.6. The van der Waals surface area contributed by atoms with E-state index in [1.807, 2.05) is 0 Å². The summed E-state index contributed by atoms with van der Waals surface area (Å²) in [6.07, 6.45) is 43.6. The van der Waals surface area contributed by atoms with E-state index in [0.29, 0.717) is 12.8 Å². The summed E-state index contributed by atoms with van der Waals surface area (Å²) in [5, 5.41) is 22.5. The van der Waals surface area contributed by atoms with Gasteiger partial charge in [0, 0.05) is 12.8 Å². The quantitative estimate of drug-likeness (QED) is 0.0276. The summed E-state index contributed by atoms with van der Waals surface area (Å²) in [5.74, 6) is -2.39. The van der Waals surface area contributed by atoms with Crippen molar-refractivity contribution >= 4 is 23.8 Å². The Hall–Kier alpha value is -2.68. The Morgan fingerprint density at radius 3 is 1.50 bits per heavy atom. The van der Waals surface area contributed by atoms with E-state index < -0.39 is 24.5 Å². The average molecular weight is 763 g/mol. The van der Waals surface area contributed by atoms with Crippen molar-refractivity contribution in [3.8, 4) is 0 Å². The Bertz CT molecular complexity index is 968. The first-order chi connectivity index (χ1) is 26.3. The minimum Gasteiger partial charge on any atom is -0.480 e. The van der Waals surface area contributed by atoms with Crippen molar-refractivity contribution in [2.75, 3.05) is 13.2 Å². The number of rotatable bonds is 40. The topological polar surface area (TPSA) is 142 Å². The van der Waals surface area contributed by atoms with Gasteiger partial charge in [-0.1, -0.05) is 154 Å². The molecule has 314 valence electrons. The van der Waals surface area contributed by atoms with Gasteiger partial charge in [-0.3, -0.25) is 14.4 Å². The fourth-order valence-corrected chi connectivity index (χ4v) is 6.44. The van der Waals surface area contributed by atoms with E-state index in [-0.39, 0.29) is 30.9 Å². The number of aliphatic carboxylic acids is 1. The van der Waals surface area contributed by atoms with Crippen LogP contribution in [0.1, 0.15) is 213 Å². The molecule has 0 aliphatic rings. The molecular weight excluding hydrogens is 681 g/mol. The van der Waals surface area contributed by atoms with E-state index in [9.17, 15) is 19.2 Å². The molecule has 0 saturated carbocycles. The van der Waals surface area contributed by atoms with Crippen molar-refractivity contribution in [3.05, 3.63) is 24.3 Å². The molecule has 0 aromatic carbocycles. The molecule has 0 radical (unpaired) electrons. The first-order valence-electron chi connectivity index (χ1n) is 22.2. The number of hydrogen-bond donors (Lipinski definition) is 4. The maximum atomic E-state index is 12.7. The van der Waals surface area contributed by atoms with Crippen molar-refractivity contribution in [2.45, 2.75) is 225 Å². The smallest absolute Gasteiger partial charge is 0.328 e. The van der Waals surface area contributed by atoms with E-state index in [4.69, 9.17) is 14.9 Å². The highest BCUT2D eigenvalue weighted by atomic mass is 16.5. The molecule has 2 atom stereocenters. The number of carboxylic acid groups (broad SMARTS) is 1. The summed E-state index contributed by atoms with van der Waals surface area (Å²) in [5.41, 5.74) is 0. The minimum atomic E-state index is -1.39. The number of aliphatic hydroxyl groups excluding tert-OH is 1. The molecule has 0 saturated heterocycles. The van der Waals surface area contributed by atoms with Crippen LogP contribution in [0.2, 0.25) is 0 Å². The molecule has 2 amide bonds. The van der Waals surface area contributed by atoms with Crippen molar-refractivity contribution in [3.63, 3.8) is 0 Å². The number of carbonyl (C=O) groups is 4. The van der Waals surface area contributed by atoms with Gasteiger partial charge in [-0.2, -0.15) is 0 Å². The molecule has 9 heteroatoms. The van der Waals surface area contributed by atoms with Crippen LogP contribution in [-0.4, -0.2) is 59.3 Å². The van der Waals surface area contributed by atoms with Gasteiger partial charge in [-0.15, -0.1) is 0 Å². The third-order valence-corrected chi connectivity index (χ3v) is 9.91. The van der Waals surface area contributed by atoms with Gasteiger partial charge < -0.3 is 25.6 Å². The van der Waals surface area contributed by atoms with Crippen LogP contribution in [-0.2, 0) is 23.9 Å². The van der Waals surface area contributed by atoms with E-state index in [1.165, 1.54) is 128 Å². The van der Waals surface area contributed by atoms with Gasteiger partial charge in [0.25, 0.3) is 0 Å². The monoisotopic (exact) mass is 763 g/mol. The number of carboxylic acids is 1. The Morgan fingerprint density at radius 2 is 1.00 bits per heavy atom. The Morgan fingerprint density at radius 1 is 0.556 bits per heavy atom. The molecule has 0 aromatic rings. The molecule has 0 fully saturated rings. The minimum absolute atomic E-state index is 0.113. The van der Waals surface area contributed by atoms with Gasteiger partial charge >= 0.3 is 11.9 Å². The molecule has 0 heterocycles. The lowest BCUT2D eigenvalue weighted by molar-refractivity contribution is -0.147. The second-order valence-corrected chi connectivity index (χ2v) is 15.1. The number of unbranched alkanes of at least 4 members (excludes halogenated alkanes) is 24. The maximum absolute atomic E-state index is 12.7. The van der Waals surface area contributed by atoms with Gasteiger partial charge in [-0.05, 0) is 70.3 Å². The summed E-state index contributed by atoms with van der Waals surface area (Å²) in [7, 11) is 0. The number of esters is 1. The second-order valence-electron chi connectivity index (χ2n) is 15.1. The zero-order valence-corrected chi connectivity index (χ0v) is 34.7. The molecule has 0 aliphatic carbocycles. The normalized spacial score (nSPS) is 12.6. The van der Waals surface area contributed by atoms with Gasteiger partial charge in [-0.25, -0.2) is 4.79 Å². The van der Waals surface area contributed by atoms with Crippen LogP contribution in [0.5, 0.6) is 0 Å². The van der Waals surface area contributed by atoms with Crippen LogP contribution < -0.4 is 10.6 Å². The number of allylic oxidation sites excluding steroid dienone is 3. The Labute approximate surface area is 330 Å². The first-order valence-corrected chi connectivity index (χ1v) is 22.2. The summed E-state index contributed by atoms with van der Waals surface area (Å²) >= 11 is 0. The van der Waals surface area contributed by atoms with Crippen LogP contribution >= 0.6 is 0 Å². The summed E-state index contributed by atoms with van der Waals surface area (Å²) < 4.78 is 5.92. The lowest BCUT2D eigenvalue weighted by Crippen LogP contribution is -2.47. The van der Waals surface area contributed by atoms with Crippen LogP contribution in [0.25, 0.3) is 0 Å². The van der Waals surface area contributed by atoms with Crippen LogP contribution in [0.3, 0.4) is 0 Å². The van der Waals surface area contributed by atoms with E-state index in [1.54, 1.807) is 0 Å². The number of nitrogens with one attached hydrogen (secondary N) is 2. The number of carbonyl (C=O) groups excluding carboxylic acids is 3. The van der Waals surface area contributed by atoms with Gasteiger partial charge in [0.1, 0.15) is 12.1 Å². The fourth-order valence-electron chi connectivity index (χ4n) is 6.44. The summed E-state index contributed by atoms with van der Waals surface area (Å²) in [6.45, 7) is 3.45. The zero-order valence-electron chi connectivity index (χ0n) is 34.7. The van der Waals surface area contributed by atoms with Gasteiger partial charge in [0.15, 0.2) is 0 Å². The lowest BCUT2D eigenvalue weighted by Gasteiger charge is -2.15. The van der Waals surface area contributed by atoms with Crippen molar-refractivity contribution in [2.24, 2.45) is 0 Å². The molecule has 2 unspecified atom stereocenters. The molecule has 4 N–H and O–H groups in total. The number of amides is 2. The zero-order chi connectivity index (χ0) is 39.7. The predicted octanol–water partition coefficient (Wildman–Crippen LogP) is 10.8. The highest BCUT2D eigenvalue weighted by Gasteiger charge is 2.18. The first kappa shape index (κ1) is 51.3. The summed E-state index contributed by atoms with van der Waals surface area (Å²) in [6, 6.07) is -1.39. The molecule has 0 aliphatic heterocycles. The predicted molar refractivity (Wildman–Crippen MR) is 222 cm³/mol. The SMILES string of the molecule is CCCCCCCCC/C=C\CCCCCCCCCC(=O)OC(/C=C\CCCCCCCCC)CCCCCCC(=O)NCC(=O)NC(CO)C(=O)O. The fraction of sp³-hybridized carbons (Fsp3) is 0.822. The lowest BCUT2D eigenvalue weighted by atomic mass is 10.1. The molecular formula is C45H82N2O7. The number of hydrogen-bond acceptors (Lipinski definition) is 6. The highest BCUT2D eigenvalue weighted by molar-refractivity contribution is 5.87. The van der Waals surface area contributed by atoms with Gasteiger partial charge in [0.2, 0.25) is 11.8 Å². The van der Waals surface area contributed by atoms with Crippen molar-refractivity contribution in [1.82, 2.24) is 10.6 Å². The van der Waals surface area contributed by atoms with Gasteiger partial charge in [0.05, 0.1) is 13.2 Å². The molecule has 0 aromatic heterocycles. The Balaban J connectivity index is 4.25. The molecule has 54 heavy (non-hydrogen) atoms. The van der Waals surface area contributed by atoms with Crippen LogP contribution in [0, 0.1) is 0 Å². The van der Waals surface area contributed by atoms with Crippen molar-refractivity contribution < 1.29 is 34.1 Å². The largest absolute Gasteiger partial charge is 0.480 e. The highest BCUT2D eigenvalue weighted by Crippen LogP contribution is 2.16. The second kappa shape index (κ2) is 40.0. The standard InChI is InChI=1S/C45H82N2O7/c1-3-5-7-9-11-13-14-15-16-17-18-19-20-21-23-25-27-33-37-44(51)54-40(34-30-26-24-22-12-10-8-6-4-2)35-31-28-29-32-36-42(49)46-38-43(50)47-41(39-48)45(52)53/h16-17,30,34,40-41,48H,3-15,18-29,31-33,35-39H2,1-2H3,(H,46,49)(H,47,50)(H,52,53)/b17-16-,34-30-. The van der Waals surface area contributed by atoms with E-state index in [0.717, 1.165) is 51.4 Å². The molecule has 0 bridgehead atoms. The Kier molecular flexibility index (Phi) is 38.0. The number of aliphatic hydroxyl groups is 1. The van der Waals surface area contributed by atoms with Crippen molar-refractivity contribution in [1.29, 1.82) is 0 Å². The molecule has 0 rings (SSSR count). The molecule has 0 spiro atoms.